The highest BCUT2D eigenvalue weighted by Crippen LogP contribution is 2.28. The van der Waals surface area contributed by atoms with Crippen LogP contribution < -0.4 is 4.74 Å². The summed E-state index contributed by atoms with van der Waals surface area (Å²) in [6.45, 7) is 7.93. The van der Waals surface area contributed by atoms with Gasteiger partial charge in [0.25, 0.3) is 0 Å². The van der Waals surface area contributed by atoms with Crippen LogP contribution in [0.5, 0.6) is 5.75 Å². The fourth-order valence-corrected chi connectivity index (χ4v) is 2.92. The van der Waals surface area contributed by atoms with Crippen LogP contribution in [0.3, 0.4) is 0 Å². The number of hydrogen-bond donors (Lipinski definition) is 3. The molecule has 0 amide bonds. The standard InChI is InChI=1S/C23H34O5/c1-15(2)6-11-21(25)17(4)8-10-19-13-20(23(26)27)12-18(22(19)28-5)9-7-16(3)14-24/h7-8,12-13,15,21,24-25H,6,9-11,14H2,1-5H3,(H,26,27). The number of allylic oxidation sites excluding steroid dienone is 2. The molecule has 28 heavy (non-hydrogen) atoms. The van der Waals surface area contributed by atoms with E-state index in [0.29, 0.717) is 30.9 Å². The second-order valence-electron chi connectivity index (χ2n) is 7.68. The number of carboxylic acid groups (broad SMARTS) is 1. The van der Waals surface area contributed by atoms with E-state index in [0.717, 1.165) is 28.7 Å². The van der Waals surface area contributed by atoms with Gasteiger partial charge in [-0.3, -0.25) is 0 Å². The molecule has 1 atom stereocenters. The average Bonchev–Trinajstić information content (AvgIpc) is 2.67. The van der Waals surface area contributed by atoms with Gasteiger partial charge in [-0.1, -0.05) is 31.6 Å². The van der Waals surface area contributed by atoms with Crippen molar-refractivity contribution in [2.75, 3.05) is 13.7 Å². The Kier molecular flexibility index (Phi) is 9.97. The first-order chi connectivity index (χ1) is 13.2. The molecule has 3 N–H and O–H groups in total. The number of hydrogen-bond acceptors (Lipinski definition) is 4. The molecule has 1 rings (SSSR count). The third kappa shape index (κ3) is 7.49. The van der Waals surface area contributed by atoms with Crippen molar-refractivity contribution in [3.8, 4) is 5.75 Å². The van der Waals surface area contributed by atoms with Gasteiger partial charge in [-0.25, -0.2) is 4.79 Å². The van der Waals surface area contributed by atoms with Gasteiger partial charge < -0.3 is 20.1 Å². The number of carbonyl (C=O) groups is 1. The van der Waals surface area contributed by atoms with Gasteiger partial charge in [0.05, 0.1) is 25.4 Å². The number of carboxylic acids is 1. The van der Waals surface area contributed by atoms with Crippen LogP contribution in [0, 0.1) is 5.92 Å². The van der Waals surface area contributed by atoms with Gasteiger partial charge in [0.1, 0.15) is 5.75 Å². The molecule has 1 unspecified atom stereocenters. The first-order valence-electron chi connectivity index (χ1n) is 9.73. The largest absolute Gasteiger partial charge is 0.496 e. The summed E-state index contributed by atoms with van der Waals surface area (Å²) in [5.41, 5.74) is 3.42. The molecule has 0 spiro atoms. The van der Waals surface area contributed by atoms with E-state index in [2.05, 4.69) is 13.8 Å². The monoisotopic (exact) mass is 390 g/mol. The number of methoxy groups -OCH3 is 1. The molecule has 0 saturated carbocycles. The summed E-state index contributed by atoms with van der Waals surface area (Å²) >= 11 is 0. The highest BCUT2D eigenvalue weighted by Gasteiger charge is 2.15. The highest BCUT2D eigenvalue weighted by atomic mass is 16.5. The predicted molar refractivity (Wildman–Crippen MR) is 112 cm³/mol. The van der Waals surface area contributed by atoms with Gasteiger partial charge in [0, 0.05) is 0 Å². The fourth-order valence-electron chi connectivity index (χ4n) is 2.92. The second kappa shape index (κ2) is 11.7. The van der Waals surface area contributed by atoms with E-state index in [1.54, 1.807) is 19.2 Å². The van der Waals surface area contributed by atoms with Crippen molar-refractivity contribution in [3.63, 3.8) is 0 Å². The lowest BCUT2D eigenvalue weighted by Gasteiger charge is -2.16. The van der Waals surface area contributed by atoms with Crippen molar-refractivity contribution in [3.05, 3.63) is 52.1 Å². The maximum atomic E-state index is 11.5. The number of rotatable bonds is 11. The smallest absolute Gasteiger partial charge is 0.335 e. The predicted octanol–water partition coefficient (Wildman–Crippen LogP) is 4.16. The van der Waals surface area contributed by atoms with Crippen molar-refractivity contribution >= 4 is 5.97 Å². The Balaban J connectivity index is 3.16. The molecule has 0 aliphatic rings. The van der Waals surface area contributed by atoms with Crippen LogP contribution in [0.2, 0.25) is 0 Å². The Morgan fingerprint density at radius 2 is 1.68 bits per heavy atom. The summed E-state index contributed by atoms with van der Waals surface area (Å²) in [6.07, 6.45) is 5.92. The van der Waals surface area contributed by atoms with Gasteiger partial charge in [0.15, 0.2) is 0 Å². The SMILES string of the molecule is COc1c(CC=C(C)CO)cc(C(=O)O)cc1CC=C(C)C(O)CCC(C)C. The molecule has 0 bridgehead atoms. The van der Waals surface area contributed by atoms with E-state index < -0.39 is 12.1 Å². The summed E-state index contributed by atoms with van der Waals surface area (Å²) in [5.74, 6) is 0.186. The van der Waals surface area contributed by atoms with E-state index in [4.69, 9.17) is 4.74 Å². The number of aliphatic hydroxyl groups is 2. The van der Waals surface area contributed by atoms with Crippen LogP contribution in [-0.4, -0.2) is 41.1 Å². The quantitative estimate of drug-likeness (QED) is 0.494. The fraction of sp³-hybridized carbons (Fsp3) is 0.522. The van der Waals surface area contributed by atoms with Crippen LogP contribution in [0.25, 0.3) is 0 Å². The topological polar surface area (TPSA) is 87.0 Å². The minimum atomic E-state index is -0.995. The molecule has 0 aliphatic carbocycles. The van der Waals surface area contributed by atoms with Crippen molar-refractivity contribution in [1.82, 2.24) is 0 Å². The molecule has 1 aromatic rings. The van der Waals surface area contributed by atoms with Gasteiger partial charge in [-0.05, 0) is 74.3 Å². The molecule has 0 fully saturated rings. The Labute approximate surface area is 168 Å². The van der Waals surface area contributed by atoms with E-state index in [1.807, 2.05) is 26.0 Å². The number of aliphatic hydroxyl groups excluding tert-OH is 2. The lowest BCUT2D eigenvalue weighted by atomic mass is 9.96. The first-order valence-corrected chi connectivity index (χ1v) is 9.73. The van der Waals surface area contributed by atoms with Crippen molar-refractivity contribution in [2.45, 2.75) is 59.5 Å². The molecular formula is C23H34O5. The lowest BCUT2D eigenvalue weighted by Crippen LogP contribution is -2.10. The Bertz CT molecular complexity index is 716. The zero-order chi connectivity index (χ0) is 21.3. The van der Waals surface area contributed by atoms with Crippen molar-refractivity contribution in [2.24, 2.45) is 5.92 Å². The summed E-state index contributed by atoms with van der Waals surface area (Å²) in [6, 6.07) is 3.23. The summed E-state index contributed by atoms with van der Waals surface area (Å²) in [4.78, 5) is 11.5. The van der Waals surface area contributed by atoms with Gasteiger partial charge in [-0.2, -0.15) is 0 Å². The lowest BCUT2D eigenvalue weighted by molar-refractivity contribution is 0.0696. The third-order valence-electron chi connectivity index (χ3n) is 4.80. The number of aromatic carboxylic acids is 1. The summed E-state index contributed by atoms with van der Waals surface area (Å²) in [5, 5.41) is 29.0. The minimum Gasteiger partial charge on any atom is -0.496 e. The molecule has 1 aromatic carbocycles. The first kappa shape index (κ1) is 23.9. The van der Waals surface area contributed by atoms with Crippen LogP contribution in [0.4, 0.5) is 0 Å². The Hall–Kier alpha value is -2.11. The molecule has 5 heteroatoms. The maximum Gasteiger partial charge on any atom is 0.335 e. The van der Waals surface area contributed by atoms with Crippen LogP contribution in [-0.2, 0) is 12.8 Å². The zero-order valence-electron chi connectivity index (χ0n) is 17.7. The third-order valence-corrected chi connectivity index (χ3v) is 4.80. The molecule has 5 nitrogen and oxygen atoms in total. The molecule has 156 valence electrons. The van der Waals surface area contributed by atoms with Crippen LogP contribution >= 0.6 is 0 Å². The van der Waals surface area contributed by atoms with Gasteiger partial charge in [0.2, 0.25) is 0 Å². The number of benzene rings is 1. The molecular weight excluding hydrogens is 356 g/mol. The van der Waals surface area contributed by atoms with Crippen LogP contribution in [0.1, 0.15) is 62.0 Å². The van der Waals surface area contributed by atoms with Crippen molar-refractivity contribution in [1.29, 1.82) is 0 Å². The molecule has 0 heterocycles. The van der Waals surface area contributed by atoms with Gasteiger partial charge >= 0.3 is 5.97 Å². The van der Waals surface area contributed by atoms with E-state index in [9.17, 15) is 20.1 Å². The Morgan fingerprint density at radius 1 is 1.11 bits per heavy atom. The van der Waals surface area contributed by atoms with E-state index in [-0.39, 0.29) is 12.2 Å². The van der Waals surface area contributed by atoms with Crippen molar-refractivity contribution < 1.29 is 24.9 Å². The molecule has 0 saturated heterocycles. The highest BCUT2D eigenvalue weighted by molar-refractivity contribution is 5.88. The summed E-state index contributed by atoms with van der Waals surface area (Å²) < 4.78 is 5.57. The average molecular weight is 391 g/mol. The second-order valence-corrected chi connectivity index (χ2v) is 7.68. The van der Waals surface area contributed by atoms with E-state index in [1.165, 1.54) is 0 Å². The normalized spacial score (nSPS) is 13.7. The molecule has 0 radical (unpaired) electrons. The Morgan fingerprint density at radius 3 is 2.14 bits per heavy atom. The summed E-state index contributed by atoms with van der Waals surface area (Å²) in [7, 11) is 1.57. The van der Waals surface area contributed by atoms with Crippen LogP contribution in [0.15, 0.2) is 35.4 Å². The minimum absolute atomic E-state index is 0.0377. The van der Waals surface area contributed by atoms with E-state index >= 15 is 0 Å². The maximum absolute atomic E-state index is 11.5. The molecule has 0 aromatic heterocycles. The zero-order valence-corrected chi connectivity index (χ0v) is 17.7. The number of ether oxygens (including phenoxy) is 1. The van der Waals surface area contributed by atoms with Gasteiger partial charge in [-0.15, -0.1) is 0 Å². The molecule has 0 aliphatic heterocycles.